The van der Waals surface area contributed by atoms with Crippen molar-refractivity contribution < 1.29 is 9.47 Å². The van der Waals surface area contributed by atoms with Gasteiger partial charge in [-0.2, -0.15) is 0 Å². The molecular formula is C35H41N5O3. The summed E-state index contributed by atoms with van der Waals surface area (Å²) in [6, 6.07) is 14.4. The lowest BCUT2D eigenvalue weighted by Gasteiger charge is -2.42. The van der Waals surface area contributed by atoms with E-state index in [1.165, 1.54) is 24.0 Å². The Kier molecular flexibility index (Phi) is 7.45. The third-order valence-corrected chi connectivity index (χ3v) is 9.95. The standard InChI is InChI=1S/C35H41N5O3/c1-22-27-7-5-6-23(28(27)11-13-37-22)17-39-18-25-8-9-26(19-39)40(25)21-32-33(42-3)14-24(15-34(32)43-4)31-20-38(2)35(41)30-16-36-12-10-29(30)31/h5-7,10,12,14-16,20,22,25-26,37H,8-9,11,13,17-19,21H2,1-4H3. The SMILES string of the molecule is COc1cc(-c2cn(C)c(=O)c3cnccc23)cc(OC)c1CN1C2CCC1CN(Cc1cccc3c1CCNC3C)C2. The number of fused-ring (bicyclic) bond motifs is 4. The highest BCUT2D eigenvalue weighted by atomic mass is 16.5. The Morgan fingerprint density at radius 1 is 1.00 bits per heavy atom. The van der Waals surface area contributed by atoms with Crippen molar-refractivity contribution in [1.82, 2.24) is 24.7 Å². The number of likely N-dealkylation sites (tertiary alicyclic amines) is 1. The molecule has 7 rings (SSSR count). The Labute approximate surface area is 253 Å². The van der Waals surface area contributed by atoms with Gasteiger partial charge in [0.25, 0.3) is 5.56 Å². The number of pyridine rings is 2. The monoisotopic (exact) mass is 579 g/mol. The number of nitrogens with zero attached hydrogens (tertiary/aromatic N) is 4. The molecule has 8 nitrogen and oxygen atoms in total. The van der Waals surface area contributed by atoms with Crippen LogP contribution in [0, 0.1) is 0 Å². The first kappa shape index (κ1) is 28.1. The molecule has 0 amide bonds. The van der Waals surface area contributed by atoms with E-state index in [0.29, 0.717) is 23.5 Å². The molecule has 1 N–H and O–H groups in total. The maximum Gasteiger partial charge on any atom is 0.259 e. The summed E-state index contributed by atoms with van der Waals surface area (Å²) in [5.41, 5.74) is 7.44. The summed E-state index contributed by atoms with van der Waals surface area (Å²) in [7, 11) is 5.24. The molecule has 2 aromatic carbocycles. The van der Waals surface area contributed by atoms with Gasteiger partial charge in [0.1, 0.15) is 11.5 Å². The van der Waals surface area contributed by atoms with E-state index in [-0.39, 0.29) is 5.56 Å². The predicted octanol–water partition coefficient (Wildman–Crippen LogP) is 4.67. The topological polar surface area (TPSA) is 71.9 Å². The van der Waals surface area contributed by atoms with Crippen molar-refractivity contribution in [3.63, 3.8) is 0 Å². The smallest absolute Gasteiger partial charge is 0.259 e. The number of aryl methyl sites for hydroxylation is 1. The summed E-state index contributed by atoms with van der Waals surface area (Å²) in [5.74, 6) is 1.62. The highest BCUT2D eigenvalue weighted by molar-refractivity contribution is 5.95. The molecule has 3 aliphatic rings. The summed E-state index contributed by atoms with van der Waals surface area (Å²) in [5, 5.41) is 5.08. The van der Waals surface area contributed by atoms with E-state index in [1.54, 1.807) is 43.8 Å². The van der Waals surface area contributed by atoms with E-state index in [1.807, 2.05) is 12.3 Å². The molecule has 0 radical (unpaired) electrons. The minimum atomic E-state index is -0.0595. The Balaban J connectivity index is 1.15. The number of rotatable bonds is 7. The van der Waals surface area contributed by atoms with Crippen LogP contribution < -0.4 is 20.3 Å². The number of nitrogens with one attached hydrogen (secondary N) is 1. The average Bonchev–Trinajstić information content (AvgIpc) is 3.25. The summed E-state index contributed by atoms with van der Waals surface area (Å²) >= 11 is 0. The second-order valence-corrected chi connectivity index (χ2v) is 12.4. The molecule has 224 valence electrons. The summed E-state index contributed by atoms with van der Waals surface area (Å²) in [6.07, 6.45) is 8.81. The summed E-state index contributed by atoms with van der Waals surface area (Å²) < 4.78 is 13.6. The van der Waals surface area contributed by atoms with Crippen LogP contribution in [0.15, 0.2) is 59.8 Å². The van der Waals surface area contributed by atoms with Crippen molar-refractivity contribution >= 4 is 10.8 Å². The maximum absolute atomic E-state index is 12.8. The number of benzene rings is 2. The number of hydrogen-bond acceptors (Lipinski definition) is 7. The highest BCUT2D eigenvalue weighted by Crippen LogP contribution is 2.41. The van der Waals surface area contributed by atoms with E-state index in [4.69, 9.17) is 9.47 Å². The van der Waals surface area contributed by atoms with E-state index in [0.717, 1.165) is 72.7 Å². The first-order valence-corrected chi connectivity index (χ1v) is 15.5. The van der Waals surface area contributed by atoms with Gasteiger partial charge in [0.15, 0.2) is 0 Å². The molecular weight excluding hydrogens is 538 g/mol. The molecule has 8 heteroatoms. The van der Waals surface area contributed by atoms with E-state index in [9.17, 15) is 4.79 Å². The number of ether oxygens (including phenoxy) is 2. The second-order valence-electron chi connectivity index (χ2n) is 12.4. The Hall–Kier alpha value is -3.72. The fraction of sp³-hybridized carbons (Fsp3) is 0.429. The van der Waals surface area contributed by atoms with Crippen LogP contribution in [-0.2, 0) is 26.6 Å². The number of methoxy groups -OCH3 is 2. The lowest BCUT2D eigenvalue weighted by molar-refractivity contribution is 0.0554. The zero-order valence-corrected chi connectivity index (χ0v) is 25.6. The van der Waals surface area contributed by atoms with E-state index < -0.39 is 0 Å². The van der Waals surface area contributed by atoms with Crippen molar-refractivity contribution in [3.8, 4) is 22.6 Å². The van der Waals surface area contributed by atoms with Gasteiger partial charge in [-0.25, -0.2) is 0 Å². The normalized spacial score (nSPS) is 22.1. The fourth-order valence-electron chi connectivity index (χ4n) is 7.76. The first-order chi connectivity index (χ1) is 20.9. The molecule has 0 saturated carbocycles. The van der Waals surface area contributed by atoms with Gasteiger partial charge in [0.05, 0.1) is 25.2 Å². The quantitative estimate of drug-likeness (QED) is 0.341. The zero-order valence-electron chi connectivity index (χ0n) is 25.6. The Morgan fingerprint density at radius 2 is 1.74 bits per heavy atom. The first-order valence-electron chi connectivity index (χ1n) is 15.5. The molecule has 5 heterocycles. The van der Waals surface area contributed by atoms with E-state index >= 15 is 0 Å². The van der Waals surface area contributed by atoms with Gasteiger partial charge in [-0.15, -0.1) is 0 Å². The minimum Gasteiger partial charge on any atom is -0.496 e. The number of hydrogen-bond donors (Lipinski definition) is 1. The molecule has 2 fully saturated rings. The Bertz CT molecular complexity index is 1690. The minimum absolute atomic E-state index is 0.0595. The third kappa shape index (κ3) is 5.01. The molecule has 0 aliphatic carbocycles. The van der Waals surface area contributed by atoms with Crippen LogP contribution in [0.5, 0.6) is 11.5 Å². The average molecular weight is 580 g/mol. The van der Waals surface area contributed by atoms with Crippen LogP contribution in [0.25, 0.3) is 21.9 Å². The van der Waals surface area contributed by atoms with Crippen LogP contribution in [0.2, 0.25) is 0 Å². The largest absolute Gasteiger partial charge is 0.496 e. The lowest BCUT2D eigenvalue weighted by Crippen LogP contribution is -2.52. The molecule has 43 heavy (non-hydrogen) atoms. The zero-order chi connectivity index (χ0) is 29.7. The Morgan fingerprint density at radius 3 is 2.47 bits per heavy atom. The number of piperazine rings is 1. The second kappa shape index (κ2) is 11.4. The van der Waals surface area contributed by atoms with Crippen LogP contribution in [0.1, 0.15) is 48.1 Å². The van der Waals surface area contributed by atoms with Crippen molar-refractivity contribution in [1.29, 1.82) is 0 Å². The molecule has 3 unspecified atom stereocenters. The number of aromatic nitrogens is 2. The molecule has 3 atom stereocenters. The van der Waals surface area contributed by atoms with Gasteiger partial charge in [0.2, 0.25) is 0 Å². The summed E-state index contributed by atoms with van der Waals surface area (Å²) in [4.78, 5) is 22.3. The molecule has 0 spiro atoms. The van der Waals surface area contributed by atoms with Gasteiger partial charge in [-0.1, -0.05) is 18.2 Å². The van der Waals surface area contributed by atoms with E-state index in [2.05, 4.69) is 57.4 Å². The van der Waals surface area contributed by atoms with Gasteiger partial charge in [-0.05, 0) is 78.6 Å². The van der Waals surface area contributed by atoms with Crippen molar-refractivity contribution in [3.05, 3.63) is 87.6 Å². The van der Waals surface area contributed by atoms with Crippen molar-refractivity contribution in [2.24, 2.45) is 7.05 Å². The lowest BCUT2D eigenvalue weighted by atomic mass is 9.90. The molecule has 3 aliphatic heterocycles. The van der Waals surface area contributed by atoms with Gasteiger partial charge >= 0.3 is 0 Å². The van der Waals surface area contributed by atoms with Gasteiger partial charge < -0.3 is 19.4 Å². The van der Waals surface area contributed by atoms with Gasteiger partial charge in [-0.3, -0.25) is 19.6 Å². The molecule has 4 aromatic rings. The van der Waals surface area contributed by atoms with Gasteiger partial charge in [0, 0.05) is 75.5 Å². The van der Waals surface area contributed by atoms with Crippen LogP contribution in [0.4, 0.5) is 0 Å². The van der Waals surface area contributed by atoms with Crippen LogP contribution >= 0.6 is 0 Å². The third-order valence-electron chi connectivity index (χ3n) is 9.95. The van der Waals surface area contributed by atoms with Crippen molar-refractivity contribution in [2.45, 2.75) is 57.4 Å². The molecule has 2 bridgehead atoms. The van der Waals surface area contributed by atoms with Crippen LogP contribution in [0.3, 0.4) is 0 Å². The highest BCUT2D eigenvalue weighted by Gasteiger charge is 2.40. The van der Waals surface area contributed by atoms with Crippen LogP contribution in [-0.4, -0.2) is 65.3 Å². The predicted molar refractivity (Wildman–Crippen MR) is 170 cm³/mol. The van der Waals surface area contributed by atoms with Crippen molar-refractivity contribution in [2.75, 3.05) is 33.9 Å². The fourth-order valence-corrected chi connectivity index (χ4v) is 7.76. The summed E-state index contributed by atoms with van der Waals surface area (Å²) in [6.45, 7) is 7.31. The maximum atomic E-state index is 12.8. The molecule has 2 aromatic heterocycles. The molecule has 2 saturated heterocycles.